The Hall–Kier alpha value is -3.51. The first kappa shape index (κ1) is 23.6. The van der Waals surface area contributed by atoms with Crippen LogP contribution < -0.4 is 15.5 Å². The zero-order chi connectivity index (χ0) is 23.9. The Kier molecular flexibility index (Phi) is 7.70. The van der Waals surface area contributed by atoms with Crippen LogP contribution in [0, 0.1) is 12.7 Å². The molecule has 4 rings (SSSR count). The Morgan fingerprint density at radius 3 is 2.44 bits per heavy atom. The number of amides is 1. The fourth-order valence-corrected chi connectivity index (χ4v) is 4.38. The summed E-state index contributed by atoms with van der Waals surface area (Å²) in [5, 5.41) is 6.26. The number of carbonyl (C=O) groups excluding carboxylic acids is 2. The highest BCUT2D eigenvalue weighted by molar-refractivity contribution is 5.99. The van der Waals surface area contributed by atoms with E-state index in [2.05, 4.69) is 15.5 Å². The third-order valence-electron chi connectivity index (χ3n) is 6.23. The van der Waals surface area contributed by atoms with Crippen LogP contribution in [0.25, 0.3) is 0 Å². The van der Waals surface area contributed by atoms with Gasteiger partial charge in [0.05, 0.1) is 6.04 Å². The second-order valence-electron chi connectivity index (χ2n) is 8.68. The van der Waals surface area contributed by atoms with Crippen molar-refractivity contribution < 1.29 is 14.0 Å². The Morgan fingerprint density at radius 1 is 1.00 bits per heavy atom. The van der Waals surface area contributed by atoms with Crippen molar-refractivity contribution in [2.75, 3.05) is 31.1 Å². The quantitative estimate of drug-likeness (QED) is 0.539. The summed E-state index contributed by atoms with van der Waals surface area (Å²) in [5.74, 6) is -0.799. The highest BCUT2D eigenvalue weighted by Crippen LogP contribution is 2.24. The lowest BCUT2D eigenvalue weighted by Gasteiger charge is -2.31. The number of nitrogens with one attached hydrogen (secondary N) is 2. The molecule has 0 aromatic heterocycles. The number of carbonyl (C=O) groups is 2. The maximum absolute atomic E-state index is 14.2. The molecule has 0 bridgehead atoms. The lowest BCUT2D eigenvalue weighted by atomic mass is 9.95. The topological polar surface area (TPSA) is 61.4 Å². The Labute approximate surface area is 200 Å². The monoisotopic (exact) mass is 459 g/mol. The van der Waals surface area contributed by atoms with Gasteiger partial charge in [-0.1, -0.05) is 48.5 Å². The summed E-state index contributed by atoms with van der Waals surface area (Å²) in [5.41, 5.74) is 3.86. The summed E-state index contributed by atoms with van der Waals surface area (Å²) in [4.78, 5) is 28.8. The summed E-state index contributed by atoms with van der Waals surface area (Å²) in [7, 11) is 0. The van der Waals surface area contributed by atoms with Crippen LogP contribution in [0.15, 0.2) is 72.8 Å². The van der Waals surface area contributed by atoms with Crippen LogP contribution in [0.2, 0.25) is 0 Å². The van der Waals surface area contributed by atoms with Gasteiger partial charge in [-0.25, -0.2) is 4.39 Å². The SMILES string of the molecule is Cc1ccccc1C(=O)NC(Cc1ccccc1)C(=O)Cc1cc(F)ccc1N1CCNCC1. The smallest absolute Gasteiger partial charge is 0.252 e. The molecule has 2 N–H and O–H groups in total. The van der Waals surface area contributed by atoms with Crippen LogP contribution in [-0.4, -0.2) is 43.9 Å². The predicted octanol–water partition coefficient (Wildman–Crippen LogP) is 3.70. The van der Waals surface area contributed by atoms with Gasteiger partial charge in [0, 0.05) is 43.9 Å². The van der Waals surface area contributed by atoms with Crippen molar-refractivity contribution in [2.45, 2.75) is 25.8 Å². The Bertz CT molecular complexity index is 1140. The molecule has 0 aliphatic carbocycles. The number of hydrogen-bond acceptors (Lipinski definition) is 4. The molecule has 1 atom stereocenters. The summed E-state index contributed by atoms with van der Waals surface area (Å²) in [6, 6.07) is 20.8. The first-order chi connectivity index (χ1) is 16.5. The van der Waals surface area contributed by atoms with Gasteiger partial charge in [-0.15, -0.1) is 0 Å². The van der Waals surface area contributed by atoms with Gasteiger partial charge in [-0.05, 0) is 54.3 Å². The van der Waals surface area contributed by atoms with Crippen molar-refractivity contribution >= 4 is 17.4 Å². The van der Waals surface area contributed by atoms with Crippen molar-refractivity contribution in [3.05, 3.63) is 101 Å². The molecule has 176 valence electrons. The number of aryl methyl sites for hydroxylation is 1. The maximum Gasteiger partial charge on any atom is 0.252 e. The summed E-state index contributed by atoms with van der Waals surface area (Å²) in [6.45, 7) is 5.14. The molecule has 1 unspecified atom stereocenters. The molecule has 6 heteroatoms. The average Bonchev–Trinajstić information content (AvgIpc) is 2.85. The molecule has 34 heavy (non-hydrogen) atoms. The van der Waals surface area contributed by atoms with E-state index in [0.717, 1.165) is 43.0 Å². The van der Waals surface area contributed by atoms with E-state index in [0.29, 0.717) is 17.5 Å². The van der Waals surface area contributed by atoms with Gasteiger partial charge in [0.2, 0.25) is 0 Å². The number of piperazine rings is 1. The van der Waals surface area contributed by atoms with E-state index in [1.807, 2.05) is 55.5 Å². The van der Waals surface area contributed by atoms with Crippen molar-refractivity contribution in [1.82, 2.24) is 10.6 Å². The fourth-order valence-electron chi connectivity index (χ4n) is 4.38. The molecule has 0 radical (unpaired) electrons. The molecule has 1 heterocycles. The summed E-state index contributed by atoms with van der Waals surface area (Å²) >= 11 is 0. The van der Waals surface area contributed by atoms with Gasteiger partial charge in [-0.3, -0.25) is 9.59 Å². The molecular weight excluding hydrogens is 429 g/mol. The number of hydrogen-bond donors (Lipinski definition) is 2. The largest absolute Gasteiger partial charge is 0.369 e. The molecular formula is C28H30FN3O2. The predicted molar refractivity (Wildman–Crippen MR) is 133 cm³/mol. The van der Waals surface area contributed by atoms with Crippen LogP contribution >= 0.6 is 0 Å². The number of anilines is 1. The molecule has 1 aliphatic rings. The first-order valence-corrected chi connectivity index (χ1v) is 11.7. The maximum atomic E-state index is 14.2. The van der Waals surface area contributed by atoms with Crippen molar-refractivity contribution in [2.24, 2.45) is 0 Å². The molecule has 3 aromatic rings. The molecule has 0 saturated carbocycles. The van der Waals surface area contributed by atoms with Gasteiger partial charge >= 0.3 is 0 Å². The second-order valence-corrected chi connectivity index (χ2v) is 8.68. The molecule has 3 aromatic carbocycles. The van der Waals surface area contributed by atoms with E-state index in [1.54, 1.807) is 12.1 Å². The van der Waals surface area contributed by atoms with Gasteiger partial charge < -0.3 is 15.5 Å². The van der Waals surface area contributed by atoms with Crippen LogP contribution in [-0.2, 0) is 17.6 Å². The first-order valence-electron chi connectivity index (χ1n) is 11.7. The normalized spacial score (nSPS) is 14.5. The third-order valence-corrected chi connectivity index (χ3v) is 6.23. The number of halogens is 1. The fraction of sp³-hybridized carbons (Fsp3) is 0.286. The van der Waals surface area contributed by atoms with Crippen LogP contribution in [0.5, 0.6) is 0 Å². The molecule has 1 aliphatic heterocycles. The molecule has 0 spiro atoms. The van der Waals surface area contributed by atoms with E-state index >= 15 is 0 Å². The zero-order valence-electron chi connectivity index (χ0n) is 19.4. The zero-order valence-corrected chi connectivity index (χ0v) is 19.4. The van der Waals surface area contributed by atoms with Crippen LogP contribution in [0.3, 0.4) is 0 Å². The molecule has 1 amide bonds. The second kappa shape index (κ2) is 11.1. The molecule has 5 nitrogen and oxygen atoms in total. The Morgan fingerprint density at radius 2 is 1.71 bits per heavy atom. The highest BCUT2D eigenvalue weighted by atomic mass is 19.1. The lowest BCUT2D eigenvalue weighted by molar-refractivity contribution is -0.120. The summed E-state index contributed by atoms with van der Waals surface area (Å²) < 4.78 is 14.2. The van der Waals surface area contributed by atoms with E-state index in [4.69, 9.17) is 0 Å². The van der Waals surface area contributed by atoms with Gasteiger partial charge in [0.25, 0.3) is 5.91 Å². The van der Waals surface area contributed by atoms with E-state index in [9.17, 15) is 14.0 Å². The van der Waals surface area contributed by atoms with Crippen molar-refractivity contribution in [3.63, 3.8) is 0 Å². The summed E-state index contributed by atoms with van der Waals surface area (Å²) in [6.07, 6.45) is 0.415. The standard InChI is InChI=1S/C28H30FN3O2/c1-20-7-5-6-10-24(20)28(34)31-25(17-21-8-3-2-4-9-21)27(33)19-22-18-23(29)11-12-26(22)32-15-13-30-14-16-32/h2-12,18,25,30H,13-17,19H2,1H3,(H,31,34). The van der Waals surface area contributed by atoms with E-state index in [-0.39, 0.29) is 23.9 Å². The van der Waals surface area contributed by atoms with Crippen molar-refractivity contribution in [1.29, 1.82) is 0 Å². The Balaban J connectivity index is 1.59. The van der Waals surface area contributed by atoms with Gasteiger partial charge in [0.15, 0.2) is 5.78 Å². The van der Waals surface area contributed by atoms with Crippen molar-refractivity contribution in [3.8, 4) is 0 Å². The van der Waals surface area contributed by atoms with Crippen LogP contribution in [0.1, 0.15) is 27.0 Å². The van der Waals surface area contributed by atoms with E-state index < -0.39 is 6.04 Å². The molecule has 1 saturated heterocycles. The third kappa shape index (κ3) is 5.88. The average molecular weight is 460 g/mol. The number of Topliss-reactive ketones (excluding diaryl/α,β-unsaturated/α-hetero) is 1. The minimum Gasteiger partial charge on any atom is -0.369 e. The number of benzene rings is 3. The minimum absolute atomic E-state index is 0.0442. The number of ketones is 1. The highest BCUT2D eigenvalue weighted by Gasteiger charge is 2.25. The number of rotatable bonds is 8. The van der Waals surface area contributed by atoms with Crippen LogP contribution in [0.4, 0.5) is 10.1 Å². The lowest BCUT2D eigenvalue weighted by Crippen LogP contribution is -2.45. The van der Waals surface area contributed by atoms with E-state index in [1.165, 1.54) is 12.1 Å². The number of nitrogens with zero attached hydrogens (tertiary/aromatic N) is 1. The van der Waals surface area contributed by atoms with Gasteiger partial charge in [0.1, 0.15) is 5.82 Å². The molecule has 1 fully saturated rings. The minimum atomic E-state index is -0.728. The van der Waals surface area contributed by atoms with Gasteiger partial charge in [-0.2, -0.15) is 0 Å².